The molecule has 1 heterocycles. The van der Waals surface area contributed by atoms with Crippen molar-refractivity contribution in [2.75, 3.05) is 0 Å². The third-order valence-corrected chi connectivity index (χ3v) is 10.2. The third kappa shape index (κ3) is 2.97. The van der Waals surface area contributed by atoms with Gasteiger partial charge in [-0.3, -0.25) is 4.68 Å². The first-order chi connectivity index (χ1) is 14.3. The van der Waals surface area contributed by atoms with Crippen molar-refractivity contribution in [1.82, 2.24) is 9.78 Å². The Morgan fingerprint density at radius 2 is 1.87 bits per heavy atom. The van der Waals surface area contributed by atoms with Crippen LogP contribution >= 0.6 is 0 Å². The van der Waals surface area contributed by atoms with Gasteiger partial charge in [0.15, 0.2) is 0 Å². The van der Waals surface area contributed by atoms with E-state index in [1.54, 1.807) is 0 Å². The van der Waals surface area contributed by atoms with Crippen LogP contribution in [0.3, 0.4) is 0 Å². The normalized spacial score (nSPS) is 47.1. The summed E-state index contributed by atoms with van der Waals surface area (Å²) in [6.45, 7) is 9.97. The van der Waals surface area contributed by atoms with Crippen LogP contribution in [0.2, 0.25) is 0 Å². The number of rotatable bonds is 2. The minimum Gasteiger partial charge on any atom is -0.393 e. The fourth-order valence-electron chi connectivity index (χ4n) is 8.27. The predicted molar refractivity (Wildman–Crippen MR) is 120 cm³/mol. The highest BCUT2D eigenvalue weighted by atomic mass is 16.3. The monoisotopic (exact) mass is 412 g/mol. The molecule has 4 saturated carbocycles. The Bertz CT molecular complexity index is 844. The van der Waals surface area contributed by atoms with E-state index in [0.717, 1.165) is 49.8 Å². The van der Waals surface area contributed by atoms with Crippen LogP contribution in [0.1, 0.15) is 83.4 Å². The summed E-state index contributed by atoms with van der Waals surface area (Å²) in [5, 5.41) is 26.3. The molecule has 1 aromatic heterocycles. The quantitative estimate of drug-likeness (QED) is 0.721. The van der Waals surface area contributed by atoms with Crippen LogP contribution in [0.5, 0.6) is 0 Å². The van der Waals surface area contributed by atoms with Crippen molar-refractivity contribution in [3.05, 3.63) is 23.0 Å². The predicted octanol–water partition coefficient (Wildman–Crippen LogP) is 4.97. The lowest BCUT2D eigenvalue weighted by Crippen LogP contribution is -2.54. The Hall–Kier alpha value is -1.13. The van der Waals surface area contributed by atoms with Crippen molar-refractivity contribution < 1.29 is 10.2 Å². The number of fused-ring (bicyclic) bond motifs is 5. The minimum atomic E-state index is -0.327. The lowest BCUT2D eigenvalue weighted by atomic mass is 9.45. The van der Waals surface area contributed by atoms with Crippen LogP contribution < -0.4 is 0 Å². The van der Waals surface area contributed by atoms with Gasteiger partial charge in [-0.05, 0) is 106 Å². The van der Waals surface area contributed by atoms with Gasteiger partial charge in [0.05, 0.1) is 17.9 Å². The van der Waals surface area contributed by atoms with Gasteiger partial charge in [-0.2, -0.15) is 5.10 Å². The second kappa shape index (κ2) is 7.20. The molecular formula is C26H40N2O2. The molecule has 0 aromatic carbocycles. The summed E-state index contributed by atoms with van der Waals surface area (Å²) in [7, 11) is 0. The van der Waals surface area contributed by atoms with E-state index in [9.17, 15) is 10.2 Å². The van der Waals surface area contributed by atoms with Crippen LogP contribution in [0.15, 0.2) is 11.8 Å². The van der Waals surface area contributed by atoms with Gasteiger partial charge < -0.3 is 10.2 Å². The highest BCUT2D eigenvalue weighted by Gasteiger charge is 2.61. The molecule has 0 unspecified atom stereocenters. The standard InChI is InChI=1S/C26H40N2O2/c1-5-28-15-18(16(2)27-28)12-17-13-23-21-7-6-19-14-20(29)8-10-25(19,3)22(21)9-11-26(23,4)24(17)30/h12,15,19-24,29-30H,5-11,13-14H2,1-4H3/b17-12+/t19-,20-,21+,22-,23-,24+,25-,26-/m0/s1. The lowest BCUT2D eigenvalue weighted by molar-refractivity contribution is -0.133. The average molecular weight is 413 g/mol. The van der Waals surface area contributed by atoms with E-state index in [-0.39, 0.29) is 17.6 Å². The van der Waals surface area contributed by atoms with E-state index < -0.39 is 0 Å². The summed E-state index contributed by atoms with van der Waals surface area (Å²) in [4.78, 5) is 0. The first kappa shape index (κ1) is 20.8. The second-order valence-electron chi connectivity index (χ2n) is 11.5. The maximum atomic E-state index is 11.5. The zero-order chi connectivity index (χ0) is 21.3. The Balaban J connectivity index is 1.44. The summed E-state index contributed by atoms with van der Waals surface area (Å²) in [5.41, 5.74) is 3.86. The molecule has 4 aliphatic rings. The van der Waals surface area contributed by atoms with Gasteiger partial charge in [-0.1, -0.05) is 13.8 Å². The summed E-state index contributed by atoms with van der Waals surface area (Å²) in [6.07, 6.45) is 13.1. The molecule has 5 rings (SSSR count). The maximum Gasteiger partial charge on any atom is 0.0809 e. The third-order valence-electron chi connectivity index (χ3n) is 10.2. The molecule has 4 aliphatic carbocycles. The van der Waals surface area contributed by atoms with Gasteiger partial charge in [-0.15, -0.1) is 0 Å². The average Bonchev–Trinajstić information content (AvgIpc) is 3.20. The molecule has 0 bridgehead atoms. The van der Waals surface area contributed by atoms with Crippen LogP contribution in [-0.2, 0) is 6.54 Å². The molecule has 2 N–H and O–H groups in total. The molecule has 0 spiro atoms. The fourth-order valence-corrected chi connectivity index (χ4v) is 8.27. The fraction of sp³-hybridized carbons (Fsp3) is 0.808. The van der Waals surface area contributed by atoms with Gasteiger partial charge >= 0.3 is 0 Å². The highest BCUT2D eigenvalue weighted by molar-refractivity contribution is 5.56. The Morgan fingerprint density at radius 3 is 2.60 bits per heavy atom. The summed E-state index contributed by atoms with van der Waals surface area (Å²) in [6, 6.07) is 0. The molecule has 0 saturated heterocycles. The van der Waals surface area contributed by atoms with Gasteiger partial charge in [-0.25, -0.2) is 0 Å². The Morgan fingerprint density at radius 1 is 1.10 bits per heavy atom. The van der Waals surface area contributed by atoms with Gasteiger partial charge in [0.25, 0.3) is 0 Å². The zero-order valence-corrected chi connectivity index (χ0v) is 19.3. The molecular weight excluding hydrogens is 372 g/mol. The molecule has 0 aliphatic heterocycles. The number of hydrogen-bond donors (Lipinski definition) is 2. The first-order valence-electron chi connectivity index (χ1n) is 12.4. The van der Waals surface area contributed by atoms with Crippen molar-refractivity contribution in [3.63, 3.8) is 0 Å². The number of aryl methyl sites for hydroxylation is 2. The van der Waals surface area contributed by atoms with E-state index >= 15 is 0 Å². The van der Waals surface area contributed by atoms with E-state index in [2.05, 4.69) is 45.1 Å². The van der Waals surface area contributed by atoms with Crippen molar-refractivity contribution >= 4 is 6.08 Å². The summed E-state index contributed by atoms with van der Waals surface area (Å²) < 4.78 is 1.99. The Labute approximate surface area is 181 Å². The van der Waals surface area contributed by atoms with Crippen LogP contribution in [-0.4, -0.2) is 32.2 Å². The lowest BCUT2D eigenvalue weighted by Gasteiger charge is -2.60. The highest BCUT2D eigenvalue weighted by Crippen LogP contribution is 2.67. The second-order valence-corrected chi connectivity index (χ2v) is 11.5. The minimum absolute atomic E-state index is 0.0129. The van der Waals surface area contributed by atoms with Gasteiger partial charge in [0.1, 0.15) is 0 Å². The van der Waals surface area contributed by atoms with E-state index in [1.807, 2.05) is 4.68 Å². The van der Waals surface area contributed by atoms with Gasteiger partial charge in [0.2, 0.25) is 0 Å². The largest absolute Gasteiger partial charge is 0.393 e. The molecule has 0 radical (unpaired) electrons. The van der Waals surface area contributed by atoms with Gasteiger partial charge in [0, 0.05) is 23.7 Å². The van der Waals surface area contributed by atoms with Crippen molar-refractivity contribution in [1.29, 1.82) is 0 Å². The topological polar surface area (TPSA) is 58.3 Å². The number of hydrogen-bond acceptors (Lipinski definition) is 3. The van der Waals surface area contributed by atoms with Crippen LogP contribution in [0.4, 0.5) is 0 Å². The summed E-state index contributed by atoms with van der Waals surface area (Å²) in [5.74, 6) is 2.76. The molecule has 1 aromatic rings. The van der Waals surface area contributed by atoms with E-state index in [0.29, 0.717) is 17.3 Å². The number of aliphatic hydroxyl groups is 2. The SMILES string of the molecule is CCn1cc(/C=C2\C[C@H]3[C@@H]4CC[C@H]5C[C@@H](O)CC[C@]5(C)[C@H]4CC[C@]3(C)[C@@H]2O)c(C)n1. The van der Waals surface area contributed by atoms with E-state index in [4.69, 9.17) is 0 Å². The van der Waals surface area contributed by atoms with Crippen molar-refractivity contribution in [2.24, 2.45) is 34.5 Å². The Kier molecular flexibility index (Phi) is 4.98. The summed E-state index contributed by atoms with van der Waals surface area (Å²) >= 11 is 0. The molecule has 8 atom stereocenters. The van der Waals surface area contributed by atoms with Crippen LogP contribution in [0, 0.1) is 41.4 Å². The van der Waals surface area contributed by atoms with Crippen LogP contribution in [0.25, 0.3) is 6.08 Å². The molecule has 4 nitrogen and oxygen atoms in total. The zero-order valence-electron chi connectivity index (χ0n) is 19.3. The van der Waals surface area contributed by atoms with Crippen molar-refractivity contribution in [3.8, 4) is 0 Å². The van der Waals surface area contributed by atoms with Crippen molar-refractivity contribution in [2.45, 2.75) is 97.8 Å². The molecule has 4 fully saturated rings. The molecule has 166 valence electrons. The first-order valence-corrected chi connectivity index (χ1v) is 12.4. The smallest absolute Gasteiger partial charge is 0.0809 e. The molecule has 30 heavy (non-hydrogen) atoms. The molecule has 0 amide bonds. The number of aromatic nitrogens is 2. The number of aliphatic hydroxyl groups excluding tert-OH is 2. The maximum absolute atomic E-state index is 11.5. The van der Waals surface area contributed by atoms with E-state index in [1.165, 1.54) is 36.8 Å². The molecule has 4 heteroatoms. The number of nitrogens with zero attached hydrogens (tertiary/aromatic N) is 2.